The van der Waals surface area contributed by atoms with Crippen LogP contribution in [0.5, 0.6) is 5.75 Å². The van der Waals surface area contributed by atoms with Crippen LogP contribution in [0.4, 0.5) is 5.69 Å². The minimum atomic E-state index is -0.450. The van der Waals surface area contributed by atoms with Gasteiger partial charge in [-0.25, -0.2) is 0 Å². The zero-order valence-corrected chi connectivity index (χ0v) is 13.2. The molecule has 0 bridgehead atoms. The van der Waals surface area contributed by atoms with Crippen molar-refractivity contribution in [2.45, 2.75) is 26.2 Å². The van der Waals surface area contributed by atoms with E-state index in [1.54, 1.807) is 12.1 Å². The Morgan fingerprint density at radius 2 is 1.87 bits per heavy atom. The first kappa shape index (κ1) is 16.5. The maximum atomic E-state index is 10.7. The first-order valence-electron chi connectivity index (χ1n) is 7.35. The summed E-state index contributed by atoms with van der Waals surface area (Å²) in [6.45, 7) is 4.48. The fourth-order valence-electron chi connectivity index (χ4n) is 2.23. The van der Waals surface area contributed by atoms with Crippen molar-refractivity contribution >= 4 is 5.69 Å². The molecule has 2 aromatic carbocycles. The molecule has 0 spiro atoms. The van der Waals surface area contributed by atoms with E-state index in [1.165, 1.54) is 17.7 Å². The highest BCUT2D eigenvalue weighted by molar-refractivity contribution is 5.36. The van der Waals surface area contributed by atoms with Crippen molar-refractivity contribution in [2.24, 2.45) is 0 Å². The summed E-state index contributed by atoms with van der Waals surface area (Å²) in [6, 6.07) is 14.2. The highest BCUT2D eigenvalue weighted by Gasteiger charge is 2.13. The van der Waals surface area contributed by atoms with Gasteiger partial charge in [0.2, 0.25) is 0 Å². The van der Waals surface area contributed by atoms with Crippen LogP contribution in [0.1, 0.15) is 29.0 Å². The van der Waals surface area contributed by atoms with E-state index in [-0.39, 0.29) is 11.6 Å². The summed E-state index contributed by atoms with van der Waals surface area (Å²) in [5, 5.41) is 19.9. The summed E-state index contributed by atoms with van der Waals surface area (Å²) in [7, 11) is 0. The Hall–Kier alpha value is -2.87. The number of aryl methyl sites for hydroxylation is 2. The Morgan fingerprint density at radius 1 is 1.17 bits per heavy atom. The van der Waals surface area contributed by atoms with Gasteiger partial charge in [-0.05, 0) is 42.7 Å². The number of rotatable bonds is 6. The SMILES string of the molecule is Cc1ccc(OCCC(C#N)c2ccc([N+](=O)[O-])cc2)cc1C. The maximum absolute atomic E-state index is 10.7. The van der Waals surface area contributed by atoms with Crippen molar-refractivity contribution in [3.05, 3.63) is 69.3 Å². The van der Waals surface area contributed by atoms with Crippen molar-refractivity contribution < 1.29 is 9.66 Å². The molecule has 2 rings (SSSR count). The van der Waals surface area contributed by atoms with Gasteiger partial charge in [-0.15, -0.1) is 0 Å². The van der Waals surface area contributed by atoms with E-state index in [0.29, 0.717) is 13.0 Å². The molecule has 0 aromatic heterocycles. The van der Waals surface area contributed by atoms with Gasteiger partial charge < -0.3 is 4.74 Å². The third-order valence-corrected chi connectivity index (χ3v) is 3.82. The largest absolute Gasteiger partial charge is 0.494 e. The number of nitro benzene ring substituents is 1. The number of ether oxygens (including phenoxy) is 1. The lowest BCUT2D eigenvalue weighted by atomic mass is 9.97. The molecule has 0 saturated carbocycles. The highest BCUT2D eigenvalue weighted by Crippen LogP contribution is 2.23. The topological polar surface area (TPSA) is 76.2 Å². The van der Waals surface area contributed by atoms with Gasteiger partial charge in [0, 0.05) is 18.6 Å². The second-order valence-corrected chi connectivity index (χ2v) is 5.41. The minimum Gasteiger partial charge on any atom is -0.494 e. The number of hydrogen-bond donors (Lipinski definition) is 0. The summed E-state index contributed by atoms with van der Waals surface area (Å²) in [6.07, 6.45) is 0.529. The molecule has 0 fully saturated rings. The molecule has 0 amide bonds. The monoisotopic (exact) mass is 310 g/mol. The Morgan fingerprint density at radius 3 is 2.43 bits per heavy atom. The fraction of sp³-hybridized carbons (Fsp3) is 0.278. The molecular weight excluding hydrogens is 292 g/mol. The number of hydrogen-bond acceptors (Lipinski definition) is 4. The van der Waals surface area contributed by atoms with Crippen molar-refractivity contribution in [1.29, 1.82) is 5.26 Å². The molecule has 5 nitrogen and oxygen atoms in total. The van der Waals surface area contributed by atoms with Crippen LogP contribution >= 0.6 is 0 Å². The molecule has 0 heterocycles. The fourth-order valence-corrected chi connectivity index (χ4v) is 2.23. The molecule has 1 atom stereocenters. The molecule has 23 heavy (non-hydrogen) atoms. The van der Waals surface area contributed by atoms with E-state index in [1.807, 2.05) is 32.0 Å². The zero-order chi connectivity index (χ0) is 16.8. The van der Waals surface area contributed by atoms with Gasteiger partial charge in [0.05, 0.1) is 23.5 Å². The zero-order valence-electron chi connectivity index (χ0n) is 13.2. The molecule has 0 aliphatic heterocycles. The molecule has 1 unspecified atom stereocenters. The Kier molecular flexibility index (Phi) is 5.32. The average Bonchev–Trinajstić information content (AvgIpc) is 2.55. The standard InChI is InChI=1S/C18H18N2O3/c1-13-3-8-18(11-14(13)2)23-10-9-16(12-19)15-4-6-17(7-5-15)20(21)22/h3-8,11,16H,9-10H2,1-2H3. The summed E-state index contributed by atoms with van der Waals surface area (Å²) >= 11 is 0. The van der Waals surface area contributed by atoms with Gasteiger partial charge in [0.1, 0.15) is 5.75 Å². The number of benzene rings is 2. The Labute approximate surface area is 135 Å². The first-order chi connectivity index (χ1) is 11.0. The van der Waals surface area contributed by atoms with Crippen LogP contribution in [0.3, 0.4) is 0 Å². The van der Waals surface area contributed by atoms with Crippen molar-refractivity contribution in [3.8, 4) is 11.8 Å². The van der Waals surface area contributed by atoms with Crippen LogP contribution in [0, 0.1) is 35.3 Å². The van der Waals surface area contributed by atoms with Gasteiger partial charge in [0.25, 0.3) is 5.69 Å². The Bertz CT molecular complexity index is 733. The molecule has 0 aliphatic carbocycles. The number of non-ortho nitro benzene ring substituents is 1. The molecule has 0 saturated heterocycles. The van der Waals surface area contributed by atoms with E-state index < -0.39 is 4.92 Å². The minimum absolute atomic E-state index is 0.0248. The van der Waals surface area contributed by atoms with Crippen molar-refractivity contribution in [3.63, 3.8) is 0 Å². The van der Waals surface area contributed by atoms with E-state index >= 15 is 0 Å². The second kappa shape index (κ2) is 7.41. The lowest BCUT2D eigenvalue weighted by molar-refractivity contribution is -0.384. The third-order valence-electron chi connectivity index (χ3n) is 3.82. The molecule has 118 valence electrons. The first-order valence-corrected chi connectivity index (χ1v) is 7.35. The van der Waals surface area contributed by atoms with E-state index in [2.05, 4.69) is 6.07 Å². The molecular formula is C18H18N2O3. The van der Waals surface area contributed by atoms with Gasteiger partial charge in [-0.2, -0.15) is 5.26 Å². The van der Waals surface area contributed by atoms with E-state index in [4.69, 9.17) is 4.74 Å². The van der Waals surface area contributed by atoms with Crippen LogP contribution in [0.15, 0.2) is 42.5 Å². The van der Waals surface area contributed by atoms with Crippen LogP contribution in [0.2, 0.25) is 0 Å². The Balaban J connectivity index is 1.95. The summed E-state index contributed by atoms with van der Waals surface area (Å²) in [4.78, 5) is 10.2. The second-order valence-electron chi connectivity index (χ2n) is 5.41. The number of nitro groups is 1. The average molecular weight is 310 g/mol. The summed E-state index contributed by atoms with van der Waals surface area (Å²) in [5.74, 6) is 0.441. The molecule has 5 heteroatoms. The van der Waals surface area contributed by atoms with Crippen molar-refractivity contribution in [2.75, 3.05) is 6.61 Å². The number of nitrogens with zero attached hydrogens (tertiary/aromatic N) is 2. The maximum Gasteiger partial charge on any atom is 0.269 e. The van der Waals surface area contributed by atoms with Crippen LogP contribution in [-0.4, -0.2) is 11.5 Å². The van der Waals surface area contributed by atoms with Crippen molar-refractivity contribution in [1.82, 2.24) is 0 Å². The lowest BCUT2D eigenvalue weighted by Crippen LogP contribution is -2.05. The predicted molar refractivity (Wildman–Crippen MR) is 87.5 cm³/mol. The van der Waals surface area contributed by atoms with Gasteiger partial charge in [-0.3, -0.25) is 10.1 Å². The number of nitriles is 1. The predicted octanol–water partition coefficient (Wildman–Crippen LogP) is 4.29. The van der Waals surface area contributed by atoms with Crippen LogP contribution in [0.25, 0.3) is 0 Å². The molecule has 2 aromatic rings. The van der Waals surface area contributed by atoms with Gasteiger partial charge in [0.15, 0.2) is 0 Å². The molecule has 0 radical (unpaired) electrons. The molecule has 0 N–H and O–H groups in total. The van der Waals surface area contributed by atoms with Gasteiger partial charge >= 0.3 is 0 Å². The van der Waals surface area contributed by atoms with Crippen LogP contribution < -0.4 is 4.74 Å². The lowest BCUT2D eigenvalue weighted by Gasteiger charge is -2.11. The van der Waals surface area contributed by atoms with Crippen LogP contribution in [-0.2, 0) is 0 Å². The summed E-state index contributed by atoms with van der Waals surface area (Å²) < 4.78 is 5.70. The smallest absolute Gasteiger partial charge is 0.269 e. The summed E-state index contributed by atoms with van der Waals surface area (Å²) in [5.41, 5.74) is 3.16. The highest BCUT2D eigenvalue weighted by atomic mass is 16.6. The molecule has 0 aliphatic rings. The normalized spacial score (nSPS) is 11.5. The van der Waals surface area contributed by atoms with E-state index in [9.17, 15) is 15.4 Å². The quantitative estimate of drug-likeness (QED) is 0.589. The third kappa shape index (κ3) is 4.30. The van der Waals surface area contributed by atoms with Gasteiger partial charge in [-0.1, -0.05) is 18.2 Å². The van der Waals surface area contributed by atoms with E-state index in [0.717, 1.165) is 16.9 Å².